The van der Waals surface area contributed by atoms with Gasteiger partial charge in [-0.25, -0.2) is 9.97 Å². The Kier molecular flexibility index (Phi) is 4.87. The predicted molar refractivity (Wildman–Crippen MR) is 72.4 cm³/mol. The molecule has 90 valence electrons. The third kappa shape index (κ3) is 3.40. The molecule has 3 nitrogen and oxygen atoms in total. The summed E-state index contributed by atoms with van der Waals surface area (Å²) in [6.45, 7) is 2.35. The van der Waals surface area contributed by atoms with Crippen molar-refractivity contribution in [3.63, 3.8) is 0 Å². The van der Waals surface area contributed by atoms with Crippen LogP contribution in [0.2, 0.25) is 5.02 Å². The minimum absolute atomic E-state index is 0. The Morgan fingerprint density at radius 1 is 1.18 bits per heavy atom. The van der Waals surface area contributed by atoms with Gasteiger partial charge in [-0.15, -0.1) is 12.4 Å². The molecule has 0 unspecified atom stereocenters. The van der Waals surface area contributed by atoms with Crippen LogP contribution in [0, 0.1) is 6.92 Å². The van der Waals surface area contributed by atoms with Gasteiger partial charge in [-0.1, -0.05) is 11.6 Å². The number of hydrogen-bond acceptors (Lipinski definition) is 3. The van der Waals surface area contributed by atoms with E-state index in [4.69, 9.17) is 17.3 Å². The highest BCUT2D eigenvalue weighted by atomic mass is 35.5. The second-order valence-corrected chi connectivity index (χ2v) is 3.97. The number of hydrogen-bond donors (Lipinski definition) is 1. The first-order valence-corrected chi connectivity index (χ1v) is 5.37. The van der Waals surface area contributed by atoms with Crippen molar-refractivity contribution in [2.45, 2.75) is 13.5 Å². The van der Waals surface area contributed by atoms with Gasteiger partial charge in [0.05, 0.1) is 5.69 Å². The quantitative estimate of drug-likeness (QED) is 0.912. The zero-order valence-electron chi connectivity index (χ0n) is 9.35. The molecule has 0 fully saturated rings. The third-order valence-corrected chi connectivity index (χ3v) is 2.47. The van der Waals surface area contributed by atoms with Gasteiger partial charge >= 0.3 is 0 Å². The van der Waals surface area contributed by atoms with Crippen molar-refractivity contribution >= 4 is 24.0 Å². The molecule has 0 aliphatic heterocycles. The minimum Gasteiger partial charge on any atom is -0.325 e. The Hall–Kier alpha value is -1.16. The molecule has 1 aromatic carbocycles. The van der Waals surface area contributed by atoms with Crippen molar-refractivity contribution in [1.29, 1.82) is 0 Å². The number of rotatable bonds is 2. The van der Waals surface area contributed by atoms with E-state index in [-0.39, 0.29) is 12.4 Å². The number of aromatic nitrogens is 2. The molecule has 0 amide bonds. The van der Waals surface area contributed by atoms with E-state index in [9.17, 15) is 0 Å². The van der Waals surface area contributed by atoms with Crippen LogP contribution in [0.3, 0.4) is 0 Å². The van der Waals surface area contributed by atoms with Crippen molar-refractivity contribution in [3.8, 4) is 11.4 Å². The summed E-state index contributed by atoms with van der Waals surface area (Å²) in [5.41, 5.74) is 8.29. The summed E-state index contributed by atoms with van der Waals surface area (Å²) < 4.78 is 0. The largest absolute Gasteiger partial charge is 0.325 e. The van der Waals surface area contributed by atoms with Crippen LogP contribution >= 0.6 is 24.0 Å². The van der Waals surface area contributed by atoms with Gasteiger partial charge in [-0.3, -0.25) is 0 Å². The lowest BCUT2D eigenvalue weighted by atomic mass is 10.2. The lowest BCUT2D eigenvalue weighted by Gasteiger charge is -2.04. The Labute approximate surface area is 111 Å². The average Bonchev–Trinajstić information content (AvgIpc) is 2.29. The molecule has 17 heavy (non-hydrogen) atoms. The van der Waals surface area contributed by atoms with E-state index in [0.29, 0.717) is 17.4 Å². The summed E-state index contributed by atoms with van der Waals surface area (Å²) in [5, 5.41) is 0.704. The van der Waals surface area contributed by atoms with Gasteiger partial charge in [0.2, 0.25) is 0 Å². The summed E-state index contributed by atoms with van der Waals surface area (Å²) in [5.74, 6) is 0.692. The molecule has 2 rings (SSSR count). The smallest absolute Gasteiger partial charge is 0.159 e. The molecule has 2 aromatic rings. The molecule has 1 aromatic heterocycles. The van der Waals surface area contributed by atoms with Crippen molar-refractivity contribution in [2.24, 2.45) is 5.73 Å². The molecule has 0 aliphatic carbocycles. The molecule has 5 heteroatoms. The van der Waals surface area contributed by atoms with Crippen LogP contribution in [-0.2, 0) is 6.54 Å². The first-order chi connectivity index (χ1) is 7.69. The second kappa shape index (κ2) is 5.96. The Bertz CT molecular complexity index is 498. The van der Waals surface area contributed by atoms with E-state index in [1.54, 1.807) is 0 Å². The Morgan fingerprint density at radius 2 is 1.82 bits per heavy atom. The highest BCUT2D eigenvalue weighted by molar-refractivity contribution is 6.30. The standard InChI is InChI=1S/C12H12ClN3.ClH/c1-8-6-11(7-14)16-12(15-8)9-2-4-10(13)5-3-9;/h2-6H,7,14H2,1H3;1H. The highest BCUT2D eigenvalue weighted by Crippen LogP contribution is 2.18. The zero-order valence-corrected chi connectivity index (χ0v) is 10.9. The minimum atomic E-state index is 0. The second-order valence-electron chi connectivity index (χ2n) is 3.54. The van der Waals surface area contributed by atoms with Gasteiger partial charge in [0.15, 0.2) is 5.82 Å². The summed E-state index contributed by atoms with van der Waals surface area (Å²) in [4.78, 5) is 8.74. The number of benzene rings is 1. The Balaban J connectivity index is 0.00000144. The number of halogens is 2. The van der Waals surface area contributed by atoms with E-state index < -0.39 is 0 Å². The summed E-state index contributed by atoms with van der Waals surface area (Å²) >= 11 is 5.83. The predicted octanol–water partition coefficient (Wildman–Crippen LogP) is 2.99. The van der Waals surface area contributed by atoms with Crippen molar-refractivity contribution in [3.05, 3.63) is 46.7 Å². The van der Waals surface area contributed by atoms with Gasteiger partial charge in [0.25, 0.3) is 0 Å². The van der Waals surface area contributed by atoms with Gasteiger partial charge in [-0.05, 0) is 37.3 Å². The third-order valence-electron chi connectivity index (χ3n) is 2.22. The topological polar surface area (TPSA) is 51.8 Å². The molecule has 0 spiro atoms. The zero-order chi connectivity index (χ0) is 11.5. The van der Waals surface area contributed by atoms with E-state index in [1.165, 1.54) is 0 Å². The fraction of sp³-hybridized carbons (Fsp3) is 0.167. The maximum Gasteiger partial charge on any atom is 0.159 e. The molecule has 2 N–H and O–H groups in total. The van der Waals surface area contributed by atoms with Crippen LogP contribution in [0.5, 0.6) is 0 Å². The number of nitrogens with two attached hydrogens (primary N) is 1. The summed E-state index contributed by atoms with van der Waals surface area (Å²) in [6.07, 6.45) is 0. The lowest BCUT2D eigenvalue weighted by Crippen LogP contribution is -2.03. The van der Waals surface area contributed by atoms with Crippen molar-refractivity contribution in [1.82, 2.24) is 9.97 Å². The first-order valence-electron chi connectivity index (χ1n) is 4.99. The number of aryl methyl sites for hydroxylation is 1. The van der Waals surface area contributed by atoms with Crippen LogP contribution in [0.1, 0.15) is 11.4 Å². The van der Waals surface area contributed by atoms with Crippen LogP contribution in [0.15, 0.2) is 30.3 Å². The fourth-order valence-electron chi connectivity index (χ4n) is 1.47. The van der Waals surface area contributed by atoms with E-state index in [1.807, 2.05) is 37.3 Å². The van der Waals surface area contributed by atoms with Gasteiger partial charge in [0, 0.05) is 22.8 Å². The molecule has 0 bridgehead atoms. The average molecular weight is 270 g/mol. The van der Waals surface area contributed by atoms with Crippen LogP contribution in [0.4, 0.5) is 0 Å². The van der Waals surface area contributed by atoms with E-state index in [0.717, 1.165) is 17.0 Å². The molecule has 0 aliphatic rings. The number of nitrogens with zero attached hydrogens (tertiary/aromatic N) is 2. The first kappa shape index (κ1) is 13.9. The molecule has 0 atom stereocenters. The molecular formula is C12H13Cl2N3. The molecule has 0 radical (unpaired) electrons. The van der Waals surface area contributed by atoms with Crippen molar-refractivity contribution in [2.75, 3.05) is 0 Å². The van der Waals surface area contributed by atoms with E-state index in [2.05, 4.69) is 9.97 Å². The maximum atomic E-state index is 5.83. The highest BCUT2D eigenvalue weighted by Gasteiger charge is 2.03. The van der Waals surface area contributed by atoms with Gasteiger partial charge in [-0.2, -0.15) is 0 Å². The molecule has 1 heterocycles. The fourth-order valence-corrected chi connectivity index (χ4v) is 1.59. The monoisotopic (exact) mass is 269 g/mol. The SMILES string of the molecule is Cc1cc(CN)nc(-c2ccc(Cl)cc2)n1.Cl. The molecule has 0 saturated heterocycles. The van der Waals surface area contributed by atoms with Crippen LogP contribution in [-0.4, -0.2) is 9.97 Å². The maximum absolute atomic E-state index is 5.83. The summed E-state index contributed by atoms with van der Waals surface area (Å²) in [6, 6.07) is 9.34. The van der Waals surface area contributed by atoms with Crippen LogP contribution < -0.4 is 5.73 Å². The summed E-state index contributed by atoms with van der Waals surface area (Å²) in [7, 11) is 0. The molecule has 0 saturated carbocycles. The molecular weight excluding hydrogens is 257 g/mol. The van der Waals surface area contributed by atoms with Crippen molar-refractivity contribution < 1.29 is 0 Å². The van der Waals surface area contributed by atoms with Crippen LogP contribution in [0.25, 0.3) is 11.4 Å². The normalized spacial score (nSPS) is 9.82. The van der Waals surface area contributed by atoms with Gasteiger partial charge in [0.1, 0.15) is 0 Å². The lowest BCUT2D eigenvalue weighted by molar-refractivity contribution is 0.953. The Morgan fingerprint density at radius 3 is 2.41 bits per heavy atom. The van der Waals surface area contributed by atoms with Gasteiger partial charge < -0.3 is 5.73 Å². The van der Waals surface area contributed by atoms with E-state index >= 15 is 0 Å².